The van der Waals surface area contributed by atoms with Gasteiger partial charge in [-0.25, -0.2) is 4.39 Å². The maximum atomic E-state index is 13.3. The van der Waals surface area contributed by atoms with E-state index < -0.39 is 5.82 Å². The summed E-state index contributed by atoms with van der Waals surface area (Å²) in [5.41, 5.74) is 1.96. The van der Waals surface area contributed by atoms with Gasteiger partial charge in [-0.3, -0.25) is 9.69 Å². The molecule has 0 aliphatic carbocycles. The van der Waals surface area contributed by atoms with Crippen LogP contribution in [0.25, 0.3) is 6.08 Å². The molecule has 1 aliphatic heterocycles. The quantitative estimate of drug-likeness (QED) is 0.562. The van der Waals surface area contributed by atoms with Gasteiger partial charge < -0.3 is 14.8 Å². The number of likely N-dealkylation sites (N-methyl/N-ethyl adjacent to an activating group) is 1. The average Bonchev–Trinajstić information content (AvgIpc) is 2.95. The van der Waals surface area contributed by atoms with Gasteiger partial charge >= 0.3 is 0 Å². The number of hydrogen-bond donors (Lipinski definition) is 1. The lowest BCUT2D eigenvalue weighted by molar-refractivity contribution is -0.122. The maximum Gasteiger partial charge on any atom is 0.276 e. The van der Waals surface area contributed by atoms with Gasteiger partial charge in [-0.15, -0.1) is 0 Å². The summed E-state index contributed by atoms with van der Waals surface area (Å²) in [7, 11) is 1.56. The van der Waals surface area contributed by atoms with Crippen molar-refractivity contribution in [2.45, 2.75) is 13.5 Å². The third-order valence-corrected chi connectivity index (χ3v) is 4.79. The Balaban J connectivity index is 1.82. The van der Waals surface area contributed by atoms with E-state index in [1.807, 2.05) is 19.1 Å². The van der Waals surface area contributed by atoms with Crippen LogP contribution in [0.3, 0.4) is 0 Å². The van der Waals surface area contributed by atoms with Crippen molar-refractivity contribution in [2.24, 2.45) is 0 Å². The molecule has 0 aromatic heterocycles. The van der Waals surface area contributed by atoms with Gasteiger partial charge in [0.15, 0.2) is 5.11 Å². The van der Waals surface area contributed by atoms with Crippen LogP contribution in [0.4, 0.5) is 4.39 Å². The Morgan fingerprint density at radius 1 is 1.29 bits per heavy atom. The zero-order valence-electron chi connectivity index (χ0n) is 15.3. The molecule has 0 bridgehead atoms. The molecule has 8 heteroatoms. The van der Waals surface area contributed by atoms with Crippen molar-refractivity contribution in [1.29, 1.82) is 0 Å². The summed E-state index contributed by atoms with van der Waals surface area (Å²) in [4.78, 5) is 13.8. The second kappa shape index (κ2) is 8.58. The molecule has 0 spiro atoms. The minimum atomic E-state index is -0.506. The van der Waals surface area contributed by atoms with Crippen molar-refractivity contribution in [3.8, 4) is 11.5 Å². The highest BCUT2D eigenvalue weighted by molar-refractivity contribution is 7.80. The summed E-state index contributed by atoms with van der Waals surface area (Å²) in [5, 5.41) is 3.31. The minimum Gasteiger partial charge on any atom is -0.496 e. The highest BCUT2D eigenvalue weighted by Gasteiger charge is 2.29. The molecule has 0 atom stereocenters. The van der Waals surface area contributed by atoms with Gasteiger partial charge in [0.05, 0.1) is 12.1 Å². The lowest BCUT2D eigenvalue weighted by Crippen LogP contribution is -2.30. The van der Waals surface area contributed by atoms with Gasteiger partial charge in [-0.1, -0.05) is 17.7 Å². The van der Waals surface area contributed by atoms with Crippen molar-refractivity contribution < 1.29 is 18.7 Å². The molecular weight excluding hydrogens is 403 g/mol. The molecule has 3 rings (SSSR count). The molecule has 1 heterocycles. The summed E-state index contributed by atoms with van der Waals surface area (Å²) in [6.07, 6.45) is 1.72. The summed E-state index contributed by atoms with van der Waals surface area (Å²) in [5.74, 6) is 0.399. The zero-order valence-corrected chi connectivity index (χ0v) is 16.9. The minimum absolute atomic E-state index is 0.00906. The van der Waals surface area contributed by atoms with Crippen LogP contribution < -0.4 is 14.8 Å². The van der Waals surface area contributed by atoms with Crippen molar-refractivity contribution in [3.63, 3.8) is 0 Å². The number of rotatable bonds is 6. The van der Waals surface area contributed by atoms with E-state index >= 15 is 0 Å². The first-order chi connectivity index (χ1) is 13.4. The van der Waals surface area contributed by atoms with Gasteiger partial charge in [0, 0.05) is 18.2 Å². The van der Waals surface area contributed by atoms with Crippen LogP contribution in [-0.4, -0.2) is 29.6 Å². The van der Waals surface area contributed by atoms with Crippen LogP contribution in [0, 0.1) is 5.82 Å². The predicted octanol–water partition coefficient (Wildman–Crippen LogP) is 4.14. The largest absolute Gasteiger partial charge is 0.496 e. The topological polar surface area (TPSA) is 50.8 Å². The van der Waals surface area contributed by atoms with Crippen molar-refractivity contribution >= 4 is 40.9 Å². The van der Waals surface area contributed by atoms with E-state index in [2.05, 4.69) is 5.32 Å². The van der Waals surface area contributed by atoms with Gasteiger partial charge in [0.1, 0.15) is 29.6 Å². The molecule has 1 N–H and O–H groups in total. The fourth-order valence-electron chi connectivity index (χ4n) is 2.75. The lowest BCUT2D eigenvalue weighted by atomic mass is 10.1. The Kier molecular flexibility index (Phi) is 6.16. The third kappa shape index (κ3) is 4.26. The van der Waals surface area contributed by atoms with E-state index in [-0.39, 0.29) is 17.5 Å². The number of halogens is 2. The molecule has 1 aliphatic rings. The Labute approximate surface area is 172 Å². The molecule has 2 aromatic rings. The second-order valence-electron chi connectivity index (χ2n) is 5.97. The molecule has 2 aromatic carbocycles. The molecule has 1 amide bonds. The van der Waals surface area contributed by atoms with E-state index in [1.54, 1.807) is 19.3 Å². The first kappa shape index (κ1) is 20.1. The number of nitrogens with one attached hydrogen (secondary N) is 1. The lowest BCUT2D eigenvalue weighted by Gasteiger charge is -2.12. The van der Waals surface area contributed by atoms with Crippen LogP contribution in [-0.2, 0) is 11.4 Å². The van der Waals surface area contributed by atoms with E-state index in [9.17, 15) is 9.18 Å². The summed E-state index contributed by atoms with van der Waals surface area (Å²) in [6, 6.07) is 9.63. The van der Waals surface area contributed by atoms with Gasteiger partial charge in [-0.05, 0) is 55.0 Å². The first-order valence-electron chi connectivity index (χ1n) is 8.52. The number of nitrogens with zero attached hydrogens (tertiary/aromatic N) is 1. The molecule has 0 radical (unpaired) electrons. The van der Waals surface area contributed by atoms with Gasteiger partial charge in [0.25, 0.3) is 5.91 Å². The number of benzene rings is 2. The number of carbonyl (C=O) groups is 1. The SMILES string of the molecule is CCN1C(=O)/C(=C\c2ccc(OC)c(COc3ccc(F)c(Cl)c3)c2)NC1=S. The summed E-state index contributed by atoms with van der Waals surface area (Å²) >= 11 is 10.9. The standard InChI is InChI=1S/C20H18ClFN2O3S/c1-3-24-19(25)17(23-20(24)28)9-12-4-7-18(26-2)13(8-12)11-27-14-5-6-16(22)15(21)10-14/h4-10H,3,11H2,1-2H3,(H,23,28)/b17-9+. The highest BCUT2D eigenvalue weighted by Crippen LogP contribution is 2.26. The zero-order chi connectivity index (χ0) is 20.3. The van der Waals surface area contributed by atoms with E-state index in [0.29, 0.717) is 28.9 Å². The first-order valence-corrected chi connectivity index (χ1v) is 9.31. The summed E-state index contributed by atoms with van der Waals surface area (Å²) in [6.45, 7) is 2.55. The molecule has 146 valence electrons. The van der Waals surface area contributed by atoms with Crippen LogP contribution in [0.5, 0.6) is 11.5 Å². The van der Waals surface area contributed by atoms with Crippen molar-refractivity contribution in [1.82, 2.24) is 10.2 Å². The monoisotopic (exact) mass is 420 g/mol. The second-order valence-corrected chi connectivity index (χ2v) is 6.77. The number of thiocarbonyl (C=S) groups is 1. The Morgan fingerprint density at radius 2 is 2.07 bits per heavy atom. The number of amides is 1. The fraction of sp³-hybridized carbons (Fsp3) is 0.200. The molecular formula is C20H18ClFN2O3S. The Hall–Kier alpha value is -2.64. The molecule has 5 nitrogen and oxygen atoms in total. The molecule has 1 fully saturated rings. The van der Waals surface area contributed by atoms with Crippen LogP contribution in [0.1, 0.15) is 18.1 Å². The third-order valence-electron chi connectivity index (χ3n) is 4.18. The van der Waals surface area contributed by atoms with Gasteiger partial charge in [-0.2, -0.15) is 0 Å². The number of methoxy groups -OCH3 is 1. The number of hydrogen-bond acceptors (Lipinski definition) is 4. The molecule has 1 saturated heterocycles. The van der Waals surface area contributed by atoms with E-state index in [1.165, 1.54) is 23.1 Å². The Bertz CT molecular complexity index is 964. The molecule has 28 heavy (non-hydrogen) atoms. The molecule has 0 saturated carbocycles. The van der Waals surface area contributed by atoms with Crippen molar-refractivity contribution in [3.05, 3.63) is 64.1 Å². The molecule has 0 unspecified atom stereocenters. The van der Waals surface area contributed by atoms with Crippen LogP contribution in [0.15, 0.2) is 42.1 Å². The normalized spacial score (nSPS) is 15.1. The number of carbonyl (C=O) groups excluding carboxylic acids is 1. The maximum absolute atomic E-state index is 13.3. The number of ether oxygens (including phenoxy) is 2. The van der Waals surface area contributed by atoms with Gasteiger partial charge in [0.2, 0.25) is 0 Å². The Morgan fingerprint density at radius 3 is 2.71 bits per heavy atom. The van der Waals surface area contributed by atoms with E-state index in [4.69, 9.17) is 33.3 Å². The average molecular weight is 421 g/mol. The van der Waals surface area contributed by atoms with E-state index in [0.717, 1.165) is 11.1 Å². The highest BCUT2D eigenvalue weighted by atomic mass is 35.5. The van der Waals surface area contributed by atoms with Crippen molar-refractivity contribution in [2.75, 3.05) is 13.7 Å². The fourth-order valence-corrected chi connectivity index (χ4v) is 3.25. The van der Waals surface area contributed by atoms with Crippen LogP contribution >= 0.6 is 23.8 Å². The smallest absolute Gasteiger partial charge is 0.276 e. The predicted molar refractivity (Wildman–Crippen MR) is 110 cm³/mol. The van der Waals surface area contributed by atoms with Crippen LogP contribution in [0.2, 0.25) is 5.02 Å². The summed E-state index contributed by atoms with van der Waals surface area (Å²) < 4.78 is 24.4.